The van der Waals surface area contributed by atoms with E-state index >= 15 is 0 Å². The summed E-state index contributed by atoms with van der Waals surface area (Å²) in [6.07, 6.45) is 0.112. The summed E-state index contributed by atoms with van der Waals surface area (Å²) in [7, 11) is 0. The van der Waals surface area contributed by atoms with Crippen molar-refractivity contribution >= 4 is 29.9 Å². The highest BCUT2D eigenvalue weighted by Gasteiger charge is 2.15. The average Bonchev–Trinajstić information content (AvgIpc) is 2.61. The lowest BCUT2D eigenvalue weighted by molar-refractivity contribution is 0.0277. The van der Waals surface area contributed by atoms with Crippen molar-refractivity contribution in [1.29, 1.82) is 0 Å². The summed E-state index contributed by atoms with van der Waals surface area (Å²) in [6.45, 7) is 2.98. The summed E-state index contributed by atoms with van der Waals surface area (Å²) in [5, 5.41) is 6.85. The fraction of sp³-hybridized carbons (Fsp3) is 0.278. The van der Waals surface area contributed by atoms with E-state index in [1.165, 1.54) is 0 Å². The van der Waals surface area contributed by atoms with Gasteiger partial charge < -0.3 is 15.4 Å². The average molecular weight is 367 g/mol. The number of benzene rings is 2. The highest BCUT2D eigenvalue weighted by atomic mass is 35.5. The zero-order chi connectivity index (χ0) is 16.1. The van der Waals surface area contributed by atoms with Crippen molar-refractivity contribution in [3.05, 3.63) is 70.2 Å². The molecule has 1 heterocycles. The van der Waals surface area contributed by atoms with E-state index in [0.29, 0.717) is 17.1 Å². The van der Waals surface area contributed by atoms with Crippen LogP contribution in [0.15, 0.2) is 48.5 Å². The van der Waals surface area contributed by atoms with E-state index in [2.05, 4.69) is 22.8 Å². The van der Waals surface area contributed by atoms with Crippen LogP contribution in [-0.4, -0.2) is 25.6 Å². The molecule has 3 rings (SSSR count). The Bertz CT molecular complexity index is 654. The molecule has 1 fully saturated rings. The van der Waals surface area contributed by atoms with E-state index in [-0.39, 0.29) is 24.4 Å². The molecular formula is C18H20Cl2N2O2. The van der Waals surface area contributed by atoms with Crippen LogP contribution in [0.1, 0.15) is 27.6 Å². The number of hydrogen-bond donors (Lipinski definition) is 2. The number of carbonyl (C=O) groups is 1. The number of ether oxygens (including phenoxy) is 1. The Morgan fingerprint density at radius 3 is 2.50 bits per heavy atom. The van der Waals surface area contributed by atoms with Crippen molar-refractivity contribution < 1.29 is 9.53 Å². The summed E-state index contributed by atoms with van der Waals surface area (Å²) in [6, 6.07) is 15.0. The number of morpholine rings is 1. The van der Waals surface area contributed by atoms with Crippen LogP contribution in [0.5, 0.6) is 0 Å². The first-order valence-electron chi connectivity index (χ1n) is 7.67. The highest BCUT2D eigenvalue weighted by molar-refractivity contribution is 6.30. The predicted molar refractivity (Wildman–Crippen MR) is 97.9 cm³/mol. The Morgan fingerprint density at radius 2 is 1.88 bits per heavy atom. The van der Waals surface area contributed by atoms with Gasteiger partial charge in [-0.1, -0.05) is 35.9 Å². The summed E-state index contributed by atoms with van der Waals surface area (Å²) in [5.74, 6) is -0.106. The van der Waals surface area contributed by atoms with Crippen LogP contribution in [0.2, 0.25) is 5.02 Å². The quantitative estimate of drug-likeness (QED) is 0.872. The minimum Gasteiger partial charge on any atom is -0.371 e. The van der Waals surface area contributed by atoms with Crippen molar-refractivity contribution in [2.24, 2.45) is 0 Å². The predicted octanol–water partition coefficient (Wildman–Crippen LogP) is 3.35. The lowest BCUT2D eigenvalue weighted by Crippen LogP contribution is -2.33. The van der Waals surface area contributed by atoms with Gasteiger partial charge in [0.15, 0.2) is 0 Å². The van der Waals surface area contributed by atoms with Crippen molar-refractivity contribution in [1.82, 2.24) is 10.6 Å². The Hall–Kier alpha value is -1.59. The molecule has 1 atom stereocenters. The number of carbonyl (C=O) groups excluding carboxylic acids is 1. The molecule has 1 aliphatic rings. The van der Waals surface area contributed by atoms with Gasteiger partial charge in [-0.05, 0) is 35.4 Å². The summed E-state index contributed by atoms with van der Waals surface area (Å²) in [4.78, 5) is 12.1. The van der Waals surface area contributed by atoms with Gasteiger partial charge >= 0.3 is 0 Å². The van der Waals surface area contributed by atoms with Crippen molar-refractivity contribution in [3.63, 3.8) is 0 Å². The molecule has 0 radical (unpaired) electrons. The van der Waals surface area contributed by atoms with Crippen LogP contribution in [0.3, 0.4) is 0 Å². The first-order valence-corrected chi connectivity index (χ1v) is 8.05. The van der Waals surface area contributed by atoms with Gasteiger partial charge in [0.2, 0.25) is 0 Å². The molecule has 2 aromatic carbocycles. The normalized spacial score (nSPS) is 17.0. The molecule has 4 nitrogen and oxygen atoms in total. The fourth-order valence-corrected chi connectivity index (χ4v) is 2.64. The number of halogens is 2. The van der Waals surface area contributed by atoms with E-state index in [9.17, 15) is 4.79 Å². The number of hydrogen-bond acceptors (Lipinski definition) is 3. The lowest BCUT2D eigenvalue weighted by Gasteiger charge is -2.24. The van der Waals surface area contributed by atoms with E-state index in [4.69, 9.17) is 16.3 Å². The first-order chi connectivity index (χ1) is 11.2. The molecule has 1 saturated heterocycles. The second-order valence-electron chi connectivity index (χ2n) is 5.49. The van der Waals surface area contributed by atoms with E-state index in [1.54, 1.807) is 24.3 Å². The SMILES string of the molecule is Cl.O=C(NCc1ccc([C@@H]2CNCCO2)cc1)c1ccc(Cl)cc1. The fourth-order valence-electron chi connectivity index (χ4n) is 2.52. The first kappa shape index (κ1) is 18.7. The van der Waals surface area contributed by atoms with Gasteiger partial charge in [0, 0.05) is 30.2 Å². The van der Waals surface area contributed by atoms with Crippen LogP contribution in [0, 0.1) is 0 Å². The van der Waals surface area contributed by atoms with Crippen molar-refractivity contribution in [2.45, 2.75) is 12.6 Å². The standard InChI is InChI=1S/C18H19ClN2O2.ClH/c19-16-7-5-15(6-8-16)18(22)21-11-13-1-3-14(4-2-13)17-12-20-9-10-23-17;/h1-8,17,20H,9-12H2,(H,21,22);1H/t17-;/m0./s1. The molecule has 0 aromatic heterocycles. The Labute approximate surface area is 153 Å². The molecule has 1 amide bonds. The van der Waals surface area contributed by atoms with Gasteiger partial charge in [-0.25, -0.2) is 0 Å². The zero-order valence-corrected chi connectivity index (χ0v) is 14.7. The van der Waals surface area contributed by atoms with Gasteiger partial charge in [0.05, 0.1) is 12.7 Å². The second kappa shape index (κ2) is 9.04. The largest absolute Gasteiger partial charge is 0.371 e. The summed E-state index contributed by atoms with van der Waals surface area (Å²) in [5.41, 5.74) is 2.82. The second-order valence-corrected chi connectivity index (χ2v) is 5.93. The Kier molecular flexibility index (Phi) is 7.06. The van der Waals surface area contributed by atoms with Crippen LogP contribution in [0.25, 0.3) is 0 Å². The molecule has 0 bridgehead atoms. The third kappa shape index (κ3) is 4.95. The molecule has 2 N–H and O–H groups in total. The topological polar surface area (TPSA) is 50.4 Å². The Morgan fingerprint density at radius 1 is 1.17 bits per heavy atom. The monoisotopic (exact) mass is 366 g/mol. The van der Waals surface area contributed by atoms with E-state index < -0.39 is 0 Å². The molecule has 24 heavy (non-hydrogen) atoms. The molecular weight excluding hydrogens is 347 g/mol. The molecule has 0 spiro atoms. The maximum atomic E-state index is 12.1. The molecule has 0 aliphatic carbocycles. The van der Waals surface area contributed by atoms with Gasteiger partial charge in [0.1, 0.15) is 0 Å². The third-order valence-electron chi connectivity index (χ3n) is 3.84. The maximum Gasteiger partial charge on any atom is 0.251 e. The smallest absolute Gasteiger partial charge is 0.251 e. The summed E-state index contributed by atoms with van der Waals surface area (Å²) >= 11 is 5.82. The molecule has 0 unspecified atom stereocenters. The van der Waals surface area contributed by atoms with Gasteiger partial charge in [-0.3, -0.25) is 4.79 Å². The third-order valence-corrected chi connectivity index (χ3v) is 4.09. The zero-order valence-electron chi connectivity index (χ0n) is 13.1. The van der Waals surface area contributed by atoms with Crippen LogP contribution in [-0.2, 0) is 11.3 Å². The molecule has 1 aliphatic heterocycles. The van der Waals surface area contributed by atoms with E-state index in [0.717, 1.165) is 30.8 Å². The number of rotatable bonds is 4. The van der Waals surface area contributed by atoms with Crippen LogP contribution < -0.4 is 10.6 Å². The lowest BCUT2D eigenvalue weighted by atomic mass is 10.1. The minimum absolute atomic E-state index is 0. The minimum atomic E-state index is -0.106. The number of amides is 1. The van der Waals surface area contributed by atoms with Gasteiger partial charge in [-0.15, -0.1) is 12.4 Å². The Balaban J connectivity index is 0.00000208. The summed E-state index contributed by atoms with van der Waals surface area (Å²) < 4.78 is 5.73. The molecule has 6 heteroatoms. The molecule has 2 aromatic rings. The van der Waals surface area contributed by atoms with Gasteiger partial charge in [0.25, 0.3) is 5.91 Å². The van der Waals surface area contributed by atoms with Crippen LogP contribution in [0.4, 0.5) is 0 Å². The highest BCUT2D eigenvalue weighted by Crippen LogP contribution is 2.19. The van der Waals surface area contributed by atoms with Crippen LogP contribution >= 0.6 is 24.0 Å². The van der Waals surface area contributed by atoms with Gasteiger partial charge in [-0.2, -0.15) is 0 Å². The molecule has 0 saturated carbocycles. The number of nitrogens with one attached hydrogen (secondary N) is 2. The van der Waals surface area contributed by atoms with Crippen molar-refractivity contribution in [2.75, 3.05) is 19.7 Å². The maximum absolute atomic E-state index is 12.1. The molecule has 128 valence electrons. The van der Waals surface area contributed by atoms with E-state index in [1.807, 2.05) is 12.1 Å². The van der Waals surface area contributed by atoms with Crippen molar-refractivity contribution in [3.8, 4) is 0 Å².